The normalized spacial score (nSPS) is 15.6. The van der Waals surface area contributed by atoms with Crippen LogP contribution >= 0.6 is 0 Å². The molecule has 0 heterocycles. The van der Waals surface area contributed by atoms with Crippen LogP contribution in [0.25, 0.3) is 0 Å². The van der Waals surface area contributed by atoms with E-state index in [4.69, 9.17) is 5.73 Å². The van der Waals surface area contributed by atoms with E-state index in [1.807, 2.05) is 11.9 Å². The average Bonchev–Trinajstić information content (AvgIpc) is 2.91. The van der Waals surface area contributed by atoms with Gasteiger partial charge in [-0.2, -0.15) is 0 Å². The van der Waals surface area contributed by atoms with Crippen molar-refractivity contribution in [2.24, 2.45) is 11.1 Å². The molecule has 0 atom stereocenters. The lowest BCUT2D eigenvalue weighted by atomic mass is 9.93. The molecule has 0 radical (unpaired) electrons. The molecule has 4 heteroatoms. The number of allylic oxidation sites excluding steroid dienone is 2. The third kappa shape index (κ3) is 5.25. The van der Waals surface area contributed by atoms with Crippen molar-refractivity contribution in [3.05, 3.63) is 11.8 Å². The molecule has 0 bridgehead atoms. The van der Waals surface area contributed by atoms with E-state index in [2.05, 4.69) is 31.7 Å². The van der Waals surface area contributed by atoms with Gasteiger partial charge in [0.1, 0.15) is 0 Å². The molecule has 0 unspecified atom stereocenters. The van der Waals surface area contributed by atoms with E-state index in [1.54, 1.807) is 0 Å². The molecule has 0 aromatic heterocycles. The van der Waals surface area contributed by atoms with Gasteiger partial charge >= 0.3 is 0 Å². The van der Waals surface area contributed by atoms with Crippen LogP contribution in [0, 0.1) is 5.41 Å². The number of rotatable bonds is 8. The first kappa shape index (κ1) is 17.2. The third-order valence-corrected chi connectivity index (χ3v) is 3.92. The Morgan fingerprint density at radius 1 is 1.45 bits per heavy atom. The first-order chi connectivity index (χ1) is 9.39. The number of carbonyl (C=O) groups excluding carboxylic acids is 1. The fourth-order valence-corrected chi connectivity index (χ4v) is 2.62. The van der Waals surface area contributed by atoms with Crippen molar-refractivity contribution in [3.8, 4) is 0 Å². The van der Waals surface area contributed by atoms with Gasteiger partial charge in [-0.15, -0.1) is 0 Å². The Balaban J connectivity index is 2.58. The van der Waals surface area contributed by atoms with Crippen molar-refractivity contribution >= 4 is 5.91 Å². The highest BCUT2D eigenvalue weighted by Crippen LogP contribution is 2.21. The maximum absolute atomic E-state index is 12.4. The molecule has 0 aliphatic heterocycles. The second kappa shape index (κ2) is 7.79. The Bertz CT molecular complexity index is 350. The predicted octanol–water partition coefficient (Wildman–Crippen LogP) is 2.21. The van der Waals surface area contributed by atoms with E-state index in [0.29, 0.717) is 13.1 Å². The van der Waals surface area contributed by atoms with Gasteiger partial charge in [-0.25, -0.2) is 0 Å². The van der Waals surface area contributed by atoms with E-state index in [0.717, 1.165) is 32.4 Å². The highest BCUT2D eigenvalue weighted by atomic mass is 16.2. The monoisotopic (exact) mass is 281 g/mol. The maximum atomic E-state index is 12.4. The molecular weight excluding hydrogens is 250 g/mol. The fourth-order valence-electron chi connectivity index (χ4n) is 2.62. The van der Waals surface area contributed by atoms with Crippen molar-refractivity contribution in [2.45, 2.75) is 46.5 Å². The van der Waals surface area contributed by atoms with Gasteiger partial charge in [0.2, 0.25) is 5.91 Å². The van der Waals surface area contributed by atoms with Crippen LogP contribution in [0.4, 0.5) is 0 Å². The molecule has 0 spiro atoms. The summed E-state index contributed by atoms with van der Waals surface area (Å²) in [5.41, 5.74) is 7.05. The highest BCUT2D eigenvalue weighted by Gasteiger charge is 2.23. The number of nitrogens with zero attached hydrogens (tertiary/aromatic N) is 2. The molecule has 20 heavy (non-hydrogen) atoms. The summed E-state index contributed by atoms with van der Waals surface area (Å²) in [6.07, 6.45) is 6.55. The molecule has 2 N–H and O–H groups in total. The van der Waals surface area contributed by atoms with Gasteiger partial charge in [-0.3, -0.25) is 9.69 Å². The Kier molecular flexibility index (Phi) is 6.69. The smallest absolute Gasteiger partial charge is 0.240 e. The topological polar surface area (TPSA) is 49.6 Å². The maximum Gasteiger partial charge on any atom is 0.240 e. The van der Waals surface area contributed by atoms with Crippen molar-refractivity contribution in [1.82, 2.24) is 9.80 Å². The summed E-state index contributed by atoms with van der Waals surface area (Å²) in [6, 6.07) is 0. The minimum Gasteiger partial charge on any atom is -0.330 e. The highest BCUT2D eigenvalue weighted by molar-refractivity contribution is 5.79. The zero-order chi connectivity index (χ0) is 15.2. The zero-order valence-electron chi connectivity index (χ0n) is 13.6. The van der Waals surface area contributed by atoms with E-state index in [1.165, 1.54) is 12.1 Å². The van der Waals surface area contributed by atoms with Crippen LogP contribution < -0.4 is 5.73 Å². The third-order valence-electron chi connectivity index (χ3n) is 3.92. The largest absolute Gasteiger partial charge is 0.330 e. The Hall–Kier alpha value is -0.870. The van der Waals surface area contributed by atoms with E-state index in [9.17, 15) is 4.79 Å². The molecule has 0 aromatic rings. The van der Waals surface area contributed by atoms with Gasteiger partial charge in [0.15, 0.2) is 0 Å². The summed E-state index contributed by atoms with van der Waals surface area (Å²) in [5, 5.41) is 0. The molecule has 0 fully saturated rings. The standard InChI is InChI=1S/C16H31N3O/c1-5-10-19(13-16(2,3)12-17)11-15(20)18(4)14-8-6-7-9-14/h8H,5-7,9-13,17H2,1-4H3. The van der Waals surface area contributed by atoms with E-state index >= 15 is 0 Å². The molecule has 1 aliphatic carbocycles. The number of hydrogen-bond donors (Lipinski definition) is 1. The van der Waals surface area contributed by atoms with Gasteiger partial charge in [-0.05, 0) is 44.2 Å². The molecular formula is C16H31N3O. The fraction of sp³-hybridized carbons (Fsp3) is 0.812. The number of hydrogen-bond acceptors (Lipinski definition) is 3. The summed E-state index contributed by atoms with van der Waals surface area (Å²) >= 11 is 0. The summed E-state index contributed by atoms with van der Waals surface area (Å²) in [4.78, 5) is 16.5. The molecule has 0 saturated heterocycles. The summed E-state index contributed by atoms with van der Waals surface area (Å²) in [7, 11) is 1.90. The molecule has 4 nitrogen and oxygen atoms in total. The quantitative estimate of drug-likeness (QED) is 0.742. The number of likely N-dealkylation sites (N-methyl/N-ethyl adjacent to an activating group) is 1. The van der Waals surface area contributed by atoms with Crippen molar-refractivity contribution in [2.75, 3.05) is 33.2 Å². The molecule has 1 aliphatic rings. The Labute approximate surface area is 124 Å². The molecule has 0 aromatic carbocycles. The summed E-state index contributed by atoms with van der Waals surface area (Å²) < 4.78 is 0. The van der Waals surface area contributed by atoms with Gasteiger partial charge in [0.05, 0.1) is 6.54 Å². The van der Waals surface area contributed by atoms with Crippen LogP contribution in [0.2, 0.25) is 0 Å². The Morgan fingerprint density at radius 2 is 2.15 bits per heavy atom. The van der Waals surface area contributed by atoms with Crippen LogP contribution in [-0.2, 0) is 4.79 Å². The lowest BCUT2D eigenvalue weighted by molar-refractivity contribution is -0.129. The van der Waals surface area contributed by atoms with Crippen LogP contribution in [0.3, 0.4) is 0 Å². The van der Waals surface area contributed by atoms with E-state index in [-0.39, 0.29) is 11.3 Å². The molecule has 116 valence electrons. The van der Waals surface area contributed by atoms with Crippen molar-refractivity contribution in [3.63, 3.8) is 0 Å². The van der Waals surface area contributed by atoms with Gasteiger partial charge in [0.25, 0.3) is 0 Å². The molecule has 0 saturated carbocycles. The minimum absolute atomic E-state index is 0.0562. The van der Waals surface area contributed by atoms with Gasteiger partial charge in [0, 0.05) is 19.3 Å². The number of carbonyl (C=O) groups is 1. The predicted molar refractivity (Wildman–Crippen MR) is 84.3 cm³/mol. The lowest BCUT2D eigenvalue weighted by Crippen LogP contribution is -2.44. The lowest BCUT2D eigenvalue weighted by Gasteiger charge is -2.32. The molecule has 1 rings (SSSR count). The number of nitrogens with two attached hydrogens (primary N) is 1. The second-order valence-corrected chi connectivity index (χ2v) is 6.62. The average molecular weight is 281 g/mol. The van der Waals surface area contributed by atoms with Crippen LogP contribution in [0.5, 0.6) is 0 Å². The van der Waals surface area contributed by atoms with Crippen molar-refractivity contribution < 1.29 is 4.79 Å². The molecule has 1 amide bonds. The van der Waals surface area contributed by atoms with Gasteiger partial charge in [-0.1, -0.05) is 26.8 Å². The number of amides is 1. The van der Waals surface area contributed by atoms with Crippen LogP contribution in [-0.4, -0.2) is 48.9 Å². The first-order valence-corrected chi connectivity index (χ1v) is 7.77. The first-order valence-electron chi connectivity index (χ1n) is 7.77. The zero-order valence-corrected chi connectivity index (χ0v) is 13.6. The van der Waals surface area contributed by atoms with Crippen LogP contribution in [0.1, 0.15) is 46.5 Å². The van der Waals surface area contributed by atoms with Crippen molar-refractivity contribution in [1.29, 1.82) is 0 Å². The van der Waals surface area contributed by atoms with E-state index < -0.39 is 0 Å². The summed E-state index contributed by atoms with van der Waals surface area (Å²) in [6.45, 7) is 9.41. The Morgan fingerprint density at radius 3 is 2.65 bits per heavy atom. The van der Waals surface area contributed by atoms with Gasteiger partial charge < -0.3 is 10.6 Å². The second-order valence-electron chi connectivity index (χ2n) is 6.62. The SMILES string of the molecule is CCCN(CC(=O)N(C)C1=CCCC1)CC(C)(C)CN. The minimum atomic E-state index is 0.0562. The van der Waals surface area contributed by atoms with Crippen LogP contribution in [0.15, 0.2) is 11.8 Å². The summed E-state index contributed by atoms with van der Waals surface area (Å²) in [5.74, 6) is 0.194.